The summed E-state index contributed by atoms with van der Waals surface area (Å²) < 4.78 is 5.36. The fourth-order valence-electron chi connectivity index (χ4n) is 4.08. The Balaban J connectivity index is 1.82. The van der Waals surface area contributed by atoms with Gasteiger partial charge in [0.15, 0.2) is 0 Å². The van der Waals surface area contributed by atoms with Crippen LogP contribution in [-0.2, 0) is 6.54 Å². The van der Waals surface area contributed by atoms with Crippen molar-refractivity contribution >= 4 is 0 Å². The maximum atomic E-state index is 6.17. The van der Waals surface area contributed by atoms with Gasteiger partial charge in [0.25, 0.3) is 0 Å². The summed E-state index contributed by atoms with van der Waals surface area (Å²) in [7, 11) is 1.74. The molecule has 0 aromatic heterocycles. The Morgan fingerprint density at radius 1 is 1.15 bits per heavy atom. The molecule has 0 amide bonds. The van der Waals surface area contributed by atoms with Crippen molar-refractivity contribution in [2.24, 2.45) is 5.73 Å². The predicted molar refractivity (Wildman–Crippen MR) is 82.0 cm³/mol. The second-order valence-corrected chi connectivity index (χ2v) is 6.53. The van der Waals surface area contributed by atoms with Crippen molar-refractivity contribution in [2.75, 3.05) is 7.11 Å². The monoisotopic (exact) mass is 274 g/mol. The SMILES string of the molecule is COc1cc(C)c(CN2C3CCC2CC(N)C3)c(C)c1. The number of piperidine rings is 1. The highest BCUT2D eigenvalue weighted by molar-refractivity contribution is 5.41. The number of benzene rings is 1. The average Bonchev–Trinajstić information content (AvgIpc) is 2.64. The molecule has 2 saturated heterocycles. The molecule has 3 nitrogen and oxygen atoms in total. The number of nitrogens with zero attached hydrogens (tertiary/aromatic N) is 1. The molecule has 3 rings (SSSR count). The van der Waals surface area contributed by atoms with E-state index < -0.39 is 0 Å². The number of methoxy groups -OCH3 is 1. The Labute approximate surface area is 122 Å². The molecule has 2 unspecified atom stereocenters. The van der Waals surface area contributed by atoms with Crippen LogP contribution in [0.15, 0.2) is 12.1 Å². The number of fused-ring (bicyclic) bond motifs is 2. The molecule has 1 aromatic rings. The quantitative estimate of drug-likeness (QED) is 0.921. The van der Waals surface area contributed by atoms with Crippen molar-refractivity contribution < 1.29 is 4.74 Å². The molecule has 0 aliphatic carbocycles. The van der Waals surface area contributed by atoms with E-state index in [4.69, 9.17) is 10.5 Å². The normalized spacial score (nSPS) is 29.7. The zero-order valence-corrected chi connectivity index (χ0v) is 12.9. The number of ether oxygens (including phenoxy) is 1. The van der Waals surface area contributed by atoms with Crippen LogP contribution in [0.1, 0.15) is 42.4 Å². The van der Waals surface area contributed by atoms with E-state index in [1.165, 1.54) is 42.4 Å². The molecule has 20 heavy (non-hydrogen) atoms. The highest BCUT2D eigenvalue weighted by Gasteiger charge is 2.39. The van der Waals surface area contributed by atoms with Gasteiger partial charge in [-0.2, -0.15) is 0 Å². The number of nitrogens with two attached hydrogens (primary N) is 1. The van der Waals surface area contributed by atoms with E-state index in [9.17, 15) is 0 Å². The largest absolute Gasteiger partial charge is 0.497 e. The molecule has 2 bridgehead atoms. The predicted octanol–water partition coefficient (Wildman–Crippen LogP) is 2.77. The van der Waals surface area contributed by atoms with E-state index in [1.807, 2.05) is 0 Å². The van der Waals surface area contributed by atoms with Gasteiger partial charge in [0.1, 0.15) is 5.75 Å². The molecule has 2 heterocycles. The van der Waals surface area contributed by atoms with E-state index in [2.05, 4.69) is 30.9 Å². The lowest BCUT2D eigenvalue weighted by Gasteiger charge is -2.38. The van der Waals surface area contributed by atoms with Crippen LogP contribution in [0.5, 0.6) is 5.75 Å². The molecule has 2 aliphatic heterocycles. The van der Waals surface area contributed by atoms with Gasteiger partial charge < -0.3 is 10.5 Å². The second kappa shape index (κ2) is 5.38. The van der Waals surface area contributed by atoms with E-state index in [-0.39, 0.29) is 0 Å². The van der Waals surface area contributed by atoms with Gasteiger partial charge >= 0.3 is 0 Å². The van der Waals surface area contributed by atoms with Gasteiger partial charge in [-0.05, 0) is 68.4 Å². The maximum Gasteiger partial charge on any atom is 0.119 e. The molecule has 2 N–H and O–H groups in total. The molecule has 110 valence electrons. The van der Waals surface area contributed by atoms with Crippen LogP contribution < -0.4 is 10.5 Å². The van der Waals surface area contributed by atoms with E-state index in [0.29, 0.717) is 18.1 Å². The summed E-state index contributed by atoms with van der Waals surface area (Å²) in [6.45, 7) is 5.47. The number of hydrogen-bond donors (Lipinski definition) is 1. The highest BCUT2D eigenvalue weighted by atomic mass is 16.5. The minimum Gasteiger partial charge on any atom is -0.497 e. The van der Waals surface area contributed by atoms with Crippen LogP contribution in [0, 0.1) is 13.8 Å². The van der Waals surface area contributed by atoms with Crippen LogP contribution >= 0.6 is 0 Å². The molecule has 0 saturated carbocycles. The fourth-order valence-corrected chi connectivity index (χ4v) is 4.08. The summed E-state index contributed by atoms with van der Waals surface area (Å²) in [5, 5.41) is 0. The van der Waals surface area contributed by atoms with Crippen molar-refractivity contribution in [2.45, 2.75) is 64.2 Å². The minimum absolute atomic E-state index is 0.418. The lowest BCUT2D eigenvalue weighted by atomic mass is 9.95. The van der Waals surface area contributed by atoms with Crippen molar-refractivity contribution in [1.29, 1.82) is 0 Å². The first-order valence-electron chi connectivity index (χ1n) is 7.74. The molecule has 1 aromatic carbocycles. The molecular formula is C17H26N2O. The van der Waals surface area contributed by atoms with Crippen molar-refractivity contribution in [3.8, 4) is 5.75 Å². The first-order valence-corrected chi connectivity index (χ1v) is 7.74. The topological polar surface area (TPSA) is 38.5 Å². The third kappa shape index (κ3) is 2.45. The summed E-state index contributed by atoms with van der Waals surface area (Å²) in [4.78, 5) is 2.70. The first-order chi connectivity index (χ1) is 9.58. The van der Waals surface area contributed by atoms with Gasteiger partial charge in [-0.15, -0.1) is 0 Å². The second-order valence-electron chi connectivity index (χ2n) is 6.53. The zero-order valence-electron chi connectivity index (χ0n) is 12.9. The van der Waals surface area contributed by atoms with E-state index in [0.717, 1.165) is 12.3 Å². The molecular weight excluding hydrogens is 248 g/mol. The van der Waals surface area contributed by atoms with Gasteiger partial charge in [-0.3, -0.25) is 4.90 Å². The Hall–Kier alpha value is -1.06. The Kier molecular flexibility index (Phi) is 3.74. The summed E-state index contributed by atoms with van der Waals surface area (Å²) in [6, 6.07) is 6.12. The smallest absolute Gasteiger partial charge is 0.119 e. The van der Waals surface area contributed by atoms with E-state index >= 15 is 0 Å². The fraction of sp³-hybridized carbons (Fsp3) is 0.647. The van der Waals surface area contributed by atoms with Gasteiger partial charge in [0.2, 0.25) is 0 Å². The Morgan fingerprint density at radius 3 is 2.20 bits per heavy atom. The number of rotatable bonds is 3. The van der Waals surface area contributed by atoms with Crippen molar-refractivity contribution in [3.05, 3.63) is 28.8 Å². The minimum atomic E-state index is 0.418. The van der Waals surface area contributed by atoms with Crippen molar-refractivity contribution in [3.63, 3.8) is 0 Å². The van der Waals surface area contributed by atoms with Gasteiger partial charge in [-0.25, -0.2) is 0 Å². The average molecular weight is 274 g/mol. The Bertz CT molecular complexity index is 463. The Morgan fingerprint density at radius 2 is 1.70 bits per heavy atom. The van der Waals surface area contributed by atoms with Gasteiger partial charge in [0.05, 0.1) is 7.11 Å². The summed E-state index contributed by atoms with van der Waals surface area (Å²) >= 11 is 0. The maximum absolute atomic E-state index is 6.17. The molecule has 2 fully saturated rings. The first kappa shape index (κ1) is 13.9. The molecule has 0 radical (unpaired) electrons. The summed E-state index contributed by atoms with van der Waals surface area (Å²) in [6.07, 6.45) is 4.99. The lowest BCUT2D eigenvalue weighted by molar-refractivity contribution is 0.119. The molecule has 0 spiro atoms. The van der Waals surface area contributed by atoms with Crippen LogP contribution in [0.3, 0.4) is 0 Å². The zero-order chi connectivity index (χ0) is 14.3. The van der Waals surface area contributed by atoms with Crippen LogP contribution in [0.25, 0.3) is 0 Å². The standard InChI is InChI=1S/C17H26N2O/c1-11-6-16(20-3)7-12(2)17(11)10-19-14-4-5-15(19)9-13(18)8-14/h6-7,13-15H,4-5,8-10,18H2,1-3H3. The molecule has 2 atom stereocenters. The third-order valence-electron chi connectivity index (χ3n) is 5.17. The number of aryl methyl sites for hydroxylation is 2. The summed E-state index contributed by atoms with van der Waals surface area (Å²) in [5.74, 6) is 0.965. The third-order valence-corrected chi connectivity index (χ3v) is 5.17. The molecule has 3 heteroatoms. The van der Waals surface area contributed by atoms with Gasteiger partial charge in [-0.1, -0.05) is 0 Å². The van der Waals surface area contributed by atoms with Crippen LogP contribution in [0.4, 0.5) is 0 Å². The van der Waals surface area contributed by atoms with Crippen LogP contribution in [-0.4, -0.2) is 30.1 Å². The van der Waals surface area contributed by atoms with Crippen LogP contribution in [0.2, 0.25) is 0 Å². The van der Waals surface area contributed by atoms with Crippen molar-refractivity contribution in [1.82, 2.24) is 4.90 Å². The number of hydrogen-bond acceptors (Lipinski definition) is 3. The van der Waals surface area contributed by atoms with Gasteiger partial charge in [0, 0.05) is 24.7 Å². The highest BCUT2D eigenvalue weighted by Crippen LogP contribution is 2.37. The summed E-state index contributed by atoms with van der Waals surface area (Å²) in [5.41, 5.74) is 10.3. The lowest BCUT2D eigenvalue weighted by Crippen LogP contribution is -2.47. The molecule has 2 aliphatic rings. The van der Waals surface area contributed by atoms with E-state index in [1.54, 1.807) is 7.11 Å².